The largest absolute Gasteiger partial charge is 0.395 e. The molecule has 0 saturated heterocycles. The summed E-state index contributed by atoms with van der Waals surface area (Å²) in [6, 6.07) is 0. The summed E-state index contributed by atoms with van der Waals surface area (Å²) in [5, 5.41) is 19.3. The lowest BCUT2D eigenvalue weighted by Crippen LogP contribution is -2.64. The van der Waals surface area contributed by atoms with Gasteiger partial charge in [-0.3, -0.25) is 9.59 Å². The number of ketones is 1. The molecule has 0 aliphatic carbocycles. The van der Waals surface area contributed by atoms with Crippen LogP contribution in [0.1, 0.15) is 47.0 Å². The van der Waals surface area contributed by atoms with Crippen molar-refractivity contribution in [3.05, 3.63) is 0 Å². The topological polar surface area (TPSA) is 104 Å². The van der Waals surface area contributed by atoms with Crippen molar-refractivity contribution in [2.45, 2.75) is 52.7 Å². The fourth-order valence-corrected chi connectivity index (χ4v) is 2.61. The number of nitrogens with zero attached hydrogens (tertiary/aromatic N) is 1. The van der Waals surface area contributed by atoms with Crippen LogP contribution in [0.2, 0.25) is 0 Å². The highest BCUT2D eigenvalue weighted by molar-refractivity contribution is 6.06. The summed E-state index contributed by atoms with van der Waals surface area (Å²) in [6.45, 7) is 6.62. The Morgan fingerprint density at radius 1 is 1.20 bits per heavy atom. The molecule has 0 aromatic rings. The van der Waals surface area contributed by atoms with Crippen molar-refractivity contribution < 1.29 is 19.8 Å². The molecule has 1 amide bonds. The first kappa shape index (κ1) is 19.0. The number of rotatable bonds is 9. The highest BCUT2D eigenvalue weighted by Crippen LogP contribution is 2.36. The molecule has 118 valence electrons. The van der Waals surface area contributed by atoms with E-state index >= 15 is 0 Å². The monoisotopic (exact) mass is 288 g/mol. The molecule has 6 nitrogen and oxygen atoms in total. The van der Waals surface area contributed by atoms with Gasteiger partial charge >= 0.3 is 0 Å². The Labute approximate surface area is 120 Å². The average molecular weight is 288 g/mol. The lowest BCUT2D eigenvalue weighted by atomic mass is 9.70. The second kappa shape index (κ2) is 7.71. The molecule has 0 radical (unpaired) electrons. The fraction of sp³-hybridized carbons (Fsp3) is 0.857. The molecule has 0 aromatic carbocycles. The first-order chi connectivity index (χ1) is 9.18. The smallest absolute Gasteiger partial charge is 0.240 e. The van der Waals surface area contributed by atoms with Gasteiger partial charge in [0.2, 0.25) is 5.91 Å². The molecule has 0 bridgehead atoms. The Hall–Kier alpha value is -0.980. The number of hydrogen-bond donors (Lipinski definition) is 3. The van der Waals surface area contributed by atoms with Crippen LogP contribution in [-0.4, -0.2) is 52.2 Å². The molecule has 4 N–H and O–H groups in total. The van der Waals surface area contributed by atoms with Crippen LogP contribution in [0.5, 0.6) is 0 Å². The molecule has 0 aromatic heterocycles. The van der Waals surface area contributed by atoms with Crippen LogP contribution in [-0.2, 0) is 9.59 Å². The van der Waals surface area contributed by atoms with Gasteiger partial charge in [0.15, 0.2) is 0 Å². The van der Waals surface area contributed by atoms with Gasteiger partial charge in [0, 0.05) is 13.1 Å². The molecular formula is C14H28N2O4. The Bertz CT molecular complexity index is 333. The third-order valence-electron chi connectivity index (χ3n) is 3.61. The standard InChI is InChI=1S/C14H28N2O4/c1-5-7-14(11(3)18,13(4,15)20)12(19)16(8-6-2)9-10-17/h17,20H,5-10,15H2,1-4H3. The molecule has 0 fully saturated rings. The minimum absolute atomic E-state index is 0.126. The van der Waals surface area contributed by atoms with Crippen LogP contribution in [0.25, 0.3) is 0 Å². The number of aliphatic hydroxyl groups is 2. The highest BCUT2D eigenvalue weighted by atomic mass is 16.3. The van der Waals surface area contributed by atoms with Crippen molar-refractivity contribution in [2.75, 3.05) is 19.7 Å². The number of carbonyl (C=O) groups excluding carboxylic acids is 2. The Morgan fingerprint density at radius 2 is 1.75 bits per heavy atom. The quantitative estimate of drug-likeness (QED) is 0.417. The first-order valence-corrected chi connectivity index (χ1v) is 7.11. The van der Waals surface area contributed by atoms with Crippen molar-refractivity contribution in [3.8, 4) is 0 Å². The van der Waals surface area contributed by atoms with Crippen molar-refractivity contribution in [3.63, 3.8) is 0 Å². The van der Waals surface area contributed by atoms with Crippen molar-refractivity contribution in [1.82, 2.24) is 4.90 Å². The van der Waals surface area contributed by atoms with Gasteiger partial charge in [-0.2, -0.15) is 0 Å². The molecule has 0 spiro atoms. The molecular weight excluding hydrogens is 260 g/mol. The molecule has 0 heterocycles. The van der Waals surface area contributed by atoms with E-state index in [4.69, 9.17) is 10.8 Å². The van der Waals surface area contributed by atoms with Crippen LogP contribution in [0.15, 0.2) is 0 Å². The van der Waals surface area contributed by atoms with Crippen molar-refractivity contribution in [2.24, 2.45) is 11.1 Å². The molecule has 0 rings (SSSR count). The average Bonchev–Trinajstić information content (AvgIpc) is 2.32. The predicted octanol–water partition coefficient (Wildman–Crippen LogP) is 0.260. The summed E-state index contributed by atoms with van der Waals surface area (Å²) >= 11 is 0. The van der Waals surface area contributed by atoms with Crippen LogP contribution in [0.3, 0.4) is 0 Å². The van der Waals surface area contributed by atoms with Gasteiger partial charge < -0.3 is 20.8 Å². The van der Waals surface area contributed by atoms with E-state index in [2.05, 4.69) is 0 Å². The molecule has 0 aliphatic rings. The maximum atomic E-state index is 12.8. The number of Topliss-reactive ketones (excluding diaryl/α,β-unsaturated/α-hetero) is 1. The highest BCUT2D eigenvalue weighted by Gasteiger charge is 2.55. The van der Waals surface area contributed by atoms with Crippen LogP contribution in [0.4, 0.5) is 0 Å². The number of carbonyl (C=O) groups is 2. The van der Waals surface area contributed by atoms with Crippen LogP contribution in [0, 0.1) is 5.41 Å². The minimum atomic E-state index is -1.94. The lowest BCUT2D eigenvalue weighted by Gasteiger charge is -2.42. The van der Waals surface area contributed by atoms with E-state index < -0.39 is 22.8 Å². The summed E-state index contributed by atoms with van der Waals surface area (Å²) in [6.07, 6.45) is 1.41. The molecule has 6 heteroatoms. The van der Waals surface area contributed by atoms with Crippen molar-refractivity contribution >= 4 is 11.7 Å². The van der Waals surface area contributed by atoms with E-state index in [0.717, 1.165) is 0 Å². The third kappa shape index (κ3) is 3.77. The van der Waals surface area contributed by atoms with E-state index in [1.165, 1.54) is 18.7 Å². The van der Waals surface area contributed by atoms with Gasteiger partial charge in [-0.25, -0.2) is 0 Å². The number of nitrogens with two attached hydrogens (primary N) is 1. The second-order valence-corrected chi connectivity index (χ2v) is 5.37. The lowest BCUT2D eigenvalue weighted by molar-refractivity contribution is -0.168. The van der Waals surface area contributed by atoms with Gasteiger partial charge in [0.25, 0.3) is 0 Å². The number of aliphatic hydroxyl groups excluding tert-OH is 1. The van der Waals surface area contributed by atoms with Gasteiger partial charge in [-0.05, 0) is 26.7 Å². The molecule has 2 atom stereocenters. The van der Waals surface area contributed by atoms with E-state index in [9.17, 15) is 14.7 Å². The van der Waals surface area contributed by atoms with Gasteiger partial charge in [0.05, 0.1) is 6.61 Å². The molecule has 0 saturated carbocycles. The normalized spacial score (nSPS) is 17.1. The number of amides is 1. The van der Waals surface area contributed by atoms with E-state index in [0.29, 0.717) is 19.4 Å². The second-order valence-electron chi connectivity index (χ2n) is 5.37. The molecule has 20 heavy (non-hydrogen) atoms. The SMILES string of the molecule is CCCN(CCO)C(=O)C(CCC)(C(C)=O)C(C)(N)O. The zero-order valence-electron chi connectivity index (χ0n) is 13.0. The Kier molecular flexibility index (Phi) is 7.33. The van der Waals surface area contributed by atoms with Gasteiger partial charge in [-0.15, -0.1) is 0 Å². The van der Waals surface area contributed by atoms with E-state index in [1.54, 1.807) is 0 Å². The van der Waals surface area contributed by atoms with Crippen molar-refractivity contribution in [1.29, 1.82) is 0 Å². The fourth-order valence-electron chi connectivity index (χ4n) is 2.61. The Balaban J connectivity index is 5.71. The van der Waals surface area contributed by atoms with Gasteiger partial charge in [0.1, 0.15) is 16.9 Å². The molecule has 0 aliphatic heterocycles. The first-order valence-electron chi connectivity index (χ1n) is 7.11. The van der Waals surface area contributed by atoms with Gasteiger partial charge in [-0.1, -0.05) is 20.3 Å². The van der Waals surface area contributed by atoms with E-state index in [1.807, 2.05) is 13.8 Å². The zero-order chi connectivity index (χ0) is 16.0. The van der Waals surface area contributed by atoms with Crippen LogP contribution < -0.4 is 5.73 Å². The molecule has 2 unspecified atom stereocenters. The summed E-state index contributed by atoms with van der Waals surface area (Å²) in [7, 11) is 0. The minimum Gasteiger partial charge on any atom is -0.395 e. The van der Waals surface area contributed by atoms with E-state index in [-0.39, 0.29) is 19.6 Å². The Morgan fingerprint density at radius 3 is 2.05 bits per heavy atom. The maximum Gasteiger partial charge on any atom is 0.240 e. The predicted molar refractivity (Wildman–Crippen MR) is 76.8 cm³/mol. The summed E-state index contributed by atoms with van der Waals surface area (Å²) < 4.78 is 0. The number of hydrogen-bond acceptors (Lipinski definition) is 5. The van der Waals surface area contributed by atoms with Crippen LogP contribution >= 0.6 is 0 Å². The maximum absolute atomic E-state index is 12.8. The summed E-state index contributed by atoms with van der Waals surface area (Å²) in [5.74, 6) is -0.953. The third-order valence-corrected chi connectivity index (χ3v) is 3.61. The summed E-state index contributed by atoms with van der Waals surface area (Å²) in [4.78, 5) is 26.3. The zero-order valence-corrected chi connectivity index (χ0v) is 13.0. The summed E-state index contributed by atoms with van der Waals surface area (Å²) in [5.41, 5.74) is 2.16.